The summed E-state index contributed by atoms with van der Waals surface area (Å²) in [6.07, 6.45) is 4.17. The third-order valence-electron chi connectivity index (χ3n) is 1.86. The van der Waals surface area contributed by atoms with Gasteiger partial charge in [-0.15, -0.1) is 0 Å². The molecule has 1 fully saturated rings. The van der Waals surface area contributed by atoms with Gasteiger partial charge < -0.3 is 5.32 Å². The lowest BCUT2D eigenvalue weighted by Gasteiger charge is -2.02. The summed E-state index contributed by atoms with van der Waals surface area (Å²) in [6, 6.07) is 0. The van der Waals surface area contributed by atoms with Gasteiger partial charge in [0.25, 0.3) is 0 Å². The molecule has 1 aliphatic heterocycles. The predicted molar refractivity (Wildman–Crippen MR) is 38.0 cm³/mol. The van der Waals surface area contributed by atoms with E-state index < -0.39 is 0 Å². The van der Waals surface area contributed by atoms with Crippen LogP contribution < -0.4 is 5.32 Å². The second-order valence-electron chi connectivity index (χ2n) is 2.79. The Bertz CT molecular complexity index is 57.9. The lowest BCUT2D eigenvalue weighted by atomic mass is 10.0. The van der Waals surface area contributed by atoms with Crippen LogP contribution in [-0.2, 0) is 0 Å². The summed E-state index contributed by atoms with van der Waals surface area (Å²) in [5, 5.41) is 3.38. The van der Waals surface area contributed by atoms with E-state index in [0.29, 0.717) is 0 Å². The van der Waals surface area contributed by atoms with Crippen LogP contribution in [0.3, 0.4) is 0 Å². The minimum Gasteiger partial charge on any atom is -0.317 e. The molecule has 0 aromatic carbocycles. The summed E-state index contributed by atoms with van der Waals surface area (Å²) in [7, 11) is 0. The van der Waals surface area contributed by atoms with E-state index in [1.165, 1.54) is 32.4 Å². The van der Waals surface area contributed by atoms with E-state index in [2.05, 4.69) is 12.2 Å². The molecule has 0 radical (unpaired) electrons. The molecule has 1 N–H and O–H groups in total. The maximum Gasteiger partial charge on any atom is 0 e. The molecule has 1 atom stereocenters. The second kappa shape index (κ2) is 3.08. The van der Waals surface area contributed by atoms with Gasteiger partial charge in [-0.25, -0.2) is 0 Å². The third kappa shape index (κ3) is 1.83. The predicted octanol–water partition coefficient (Wildman–Crippen LogP) is 1.64. The number of rotatable bonds is 0. The molecule has 0 saturated carbocycles. The molecule has 1 rings (SSSR count). The summed E-state index contributed by atoms with van der Waals surface area (Å²) >= 11 is 0. The van der Waals surface area contributed by atoms with Gasteiger partial charge in [-0.05, 0) is 38.3 Å². The Morgan fingerprint density at radius 2 is 2.25 bits per heavy atom. The molecule has 0 bridgehead atoms. The van der Waals surface area contributed by atoms with Crippen molar-refractivity contribution < 1.29 is 1.43 Å². The molecule has 1 saturated heterocycles. The van der Waals surface area contributed by atoms with Crippen molar-refractivity contribution in [3.8, 4) is 0 Å². The summed E-state index contributed by atoms with van der Waals surface area (Å²) in [4.78, 5) is 0. The van der Waals surface area contributed by atoms with Gasteiger partial charge in [0.15, 0.2) is 0 Å². The molecule has 0 aliphatic carbocycles. The van der Waals surface area contributed by atoms with Crippen LogP contribution in [0.4, 0.5) is 0 Å². The summed E-state index contributed by atoms with van der Waals surface area (Å²) in [5.74, 6) is 0.963. The van der Waals surface area contributed by atoms with Crippen molar-refractivity contribution in [2.75, 3.05) is 13.1 Å². The largest absolute Gasteiger partial charge is 0.317 e. The van der Waals surface area contributed by atoms with Crippen LogP contribution in [0.15, 0.2) is 0 Å². The van der Waals surface area contributed by atoms with Gasteiger partial charge in [0.1, 0.15) is 0 Å². The molecule has 0 amide bonds. The van der Waals surface area contributed by atoms with E-state index in [1.807, 2.05) is 0 Å². The topological polar surface area (TPSA) is 12.0 Å². The summed E-state index contributed by atoms with van der Waals surface area (Å²) < 4.78 is 0. The van der Waals surface area contributed by atoms with E-state index in [1.54, 1.807) is 0 Å². The van der Waals surface area contributed by atoms with Crippen molar-refractivity contribution >= 4 is 0 Å². The first kappa shape index (κ1) is 6.09. The number of nitrogens with one attached hydrogen (secondary N) is 1. The Kier molecular flexibility index (Phi) is 2.34. The average Bonchev–Trinajstić information content (AvgIpc) is 1.94. The molecular weight excluding hydrogens is 98.1 g/mol. The van der Waals surface area contributed by atoms with Crippen LogP contribution in [0.5, 0.6) is 0 Å². The maximum atomic E-state index is 3.38. The van der Waals surface area contributed by atoms with Crippen LogP contribution in [0, 0.1) is 5.92 Å². The Labute approximate surface area is 53.0 Å². The molecule has 1 aliphatic rings. The average molecular weight is 115 g/mol. The van der Waals surface area contributed by atoms with Crippen LogP contribution in [0.25, 0.3) is 0 Å². The van der Waals surface area contributed by atoms with Crippen LogP contribution in [-0.4, -0.2) is 13.1 Å². The lowest BCUT2D eigenvalue weighted by Crippen LogP contribution is -2.13. The van der Waals surface area contributed by atoms with Crippen molar-refractivity contribution in [3.63, 3.8) is 0 Å². The Morgan fingerprint density at radius 3 is 3.12 bits per heavy atom. The Morgan fingerprint density at radius 1 is 1.38 bits per heavy atom. The molecule has 0 spiro atoms. The first-order chi connectivity index (χ1) is 3.89. The normalized spacial score (nSPS) is 31.9. The molecule has 1 nitrogen and oxygen atoms in total. The van der Waals surface area contributed by atoms with Crippen LogP contribution >= 0.6 is 0 Å². The molecule has 1 heterocycles. The highest BCUT2D eigenvalue weighted by molar-refractivity contribution is 4.61. The molecule has 0 aromatic rings. The zero-order valence-corrected chi connectivity index (χ0v) is 5.61. The van der Waals surface area contributed by atoms with E-state index in [-0.39, 0.29) is 1.43 Å². The van der Waals surface area contributed by atoms with Crippen molar-refractivity contribution in [2.45, 2.75) is 26.2 Å². The van der Waals surface area contributed by atoms with E-state index in [9.17, 15) is 0 Å². The highest BCUT2D eigenvalue weighted by Crippen LogP contribution is 2.10. The molecular formula is C7H17N. The van der Waals surface area contributed by atoms with Gasteiger partial charge in [0.05, 0.1) is 0 Å². The third-order valence-corrected chi connectivity index (χ3v) is 1.86. The van der Waals surface area contributed by atoms with Gasteiger partial charge >= 0.3 is 0 Å². The summed E-state index contributed by atoms with van der Waals surface area (Å²) in [6.45, 7) is 4.82. The smallest absolute Gasteiger partial charge is 0 e. The van der Waals surface area contributed by atoms with Gasteiger partial charge in [-0.2, -0.15) is 0 Å². The van der Waals surface area contributed by atoms with Gasteiger partial charge in [0.2, 0.25) is 0 Å². The molecule has 8 heavy (non-hydrogen) atoms. The van der Waals surface area contributed by atoms with Crippen molar-refractivity contribution in [2.24, 2.45) is 5.92 Å². The standard InChI is InChI=1S/C7H15N.H2/c1-7-3-2-5-8-6-4-7;/h7-8H,2-6H2,1H3;1H. The maximum absolute atomic E-state index is 3.38. The second-order valence-corrected chi connectivity index (χ2v) is 2.79. The van der Waals surface area contributed by atoms with Gasteiger partial charge in [-0.3, -0.25) is 0 Å². The molecule has 0 aromatic heterocycles. The highest BCUT2D eigenvalue weighted by atomic mass is 14.8. The van der Waals surface area contributed by atoms with E-state index in [4.69, 9.17) is 0 Å². The van der Waals surface area contributed by atoms with Crippen molar-refractivity contribution in [1.82, 2.24) is 5.32 Å². The number of hydrogen-bond donors (Lipinski definition) is 1. The first-order valence-corrected chi connectivity index (χ1v) is 3.60. The number of hydrogen-bond acceptors (Lipinski definition) is 1. The fraction of sp³-hybridized carbons (Fsp3) is 1.00. The minimum atomic E-state index is 0. The first-order valence-electron chi connectivity index (χ1n) is 3.60. The Balaban J connectivity index is 0.000000640. The van der Waals surface area contributed by atoms with Crippen LogP contribution in [0.1, 0.15) is 27.6 Å². The molecule has 1 unspecified atom stereocenters. The quantitative estimate of drug-likeness (QED) is 0.506. The van der Waals surface area contributed by atoms with Crippen molar-refractivity contribution in [1.29, 1.82) is 0 Å². The monoisotopic (exact) mass is 115 g/mol. The minimum absolute atomic E-state index is 0. The fourth-order valence-electron chi connectivity index (χ4n) is 1.19. The van der Waals surface area contributed by atoms with E-state index >= 15 is 0 Å². The van der Waals surface area contributed by atoms with Gasteiger partial charge in [-0.1, -0.05) is 6.92 Å². The fourth-order valence-corrected chi connectivity index (χ4v) is 1.19. The Hall–Kier alpha value is -0.0400. The van der Waals surface area contributed by atoms with E-state index in [0.717, 1.165) is 5.92 Å². The molecule has 1 heteroatoms. The SMILES string of the molecule is CC1CCCNCC1.[HH]. The zero-order chi connectivity index (χ0) is 5.82. The van der Waals surface area contributed by atoms with Crippen molar-refractivity contribution in [3.05, 3.63) is 0 Å². The van der Waals surface area contributed by atoms with Crippen LogP contribution in [0.2, 0.25) is 0 Å². The lowest BCUT2D eigenvalue weighted by molar-refractivity contribution is 0.519. The molecule has 50 valence electrons. The highest BCUT2D eigenvalue weighted by Gasteiger charge is 2.04. The van der Waals surface area contributed by atoms with Gasteiger partial charge in [0, 0.05) is 1.43 Å². The summed E-state index contributed by atoms with van der Waals surface area (Å²) in [5.41, 5.74) is 0. The zero-order valence-electron chi connectivity index (χ0n) is 5.61.